The van der Waals surface area contributed by atoms with Crippen LogP contribution in [0.5, 0.6) is 5.75 Å². The van der Waals surface area contributed by atoms with E-state index in [1.54, 1.807) is 7.11 Å². The summed E-state index contributed by atoms with van der Waals surface area (Å²) in [5, 5.41) is 0. The number of esters is 1. The minimum absolute atomic E-state index is 0.151. The summed E-state index contributed by atoms with van der Waals surface area (Å²) in [5.74, 6) is 0.855. The molecule has 2 aromatic carbocycles. The number of ether oxygens (including phenoxy) is 3. The number of carbonyl (C=O) groups excluding carboxylic acids is 1. The molecule has 0 bridgehead atoms. The Hall–Kier alpha value is -2.82. The van der Waals surface area contributed by atoms with Gasteiger partial charge in [-0.25, -0.2) is 9.79 Å². The van der Waals surface area contributed by atoms with Crippen LogP contribution in [0.1, 0.15) is 31.9 Å². The van der Waals surface area contributed by atoms with E-state index in [0.29, 0.717) is 12.3 Å². The van der Waals surface area contributed by atoms with Crippen molar-refractivity contribution < 1.29 is 19.0 Å². The summed E-state index contributed by atoms with van der Waals surface area (Å²) in [7, 11) is 1.62. The van der Waals surface area contributed by atoms with Gasteiger partial charge < -0.3 is 14.2 Å². The van der Waals surface area contributed by atoms with E-state index in [9.17, 15) is 4.79 Å². The van der Waals surface area contributed by atoms with Crippen LogP contribution in [0.25, 0.3) is 0 Å². The topological polar surface area (TPSA) is 57.1 Å². The lowest BCUT2D eigenvalue weighted by molar-refractivity contribution is -0.162. The third kappa shape index (κ3) is 4.48. The Labute approximate surface area is 160 Å². The Kier molecular flexibility index (Phi) is 5.22. The number of aliphatic imine (C=N–C) groups is 1. The molecule has 1 heterocycles. The van der Waals surface area contributed by atoms with Gasteiger partial charge >= 0.3 is 5.97 Å². The zero-order chi connectivity index (χ0) is 19.5. The smallest absolute Gasteiger partial charge is 0.338 e. The summed E-state index contributed by atoms with van der Waals surface area (Å²) in [6, 6.07) is 17.2. The molecule has 0 unspecified atom stereocenters. The predicted octanol–water partition coefficient (Wildman–Crippen LogP) is 3.80. The summed E-state index contributed by atoms with van der Waals surface area (Å²) >= 11 is 0. The third-order valence-electron chi connectivity index (χ3n) is 4.22. The van der Waals surface area contributed by atoms with E-state index in [-0.39, 0.29) is 12.6 Å². The first-order valence-electron chi connectivity index (χ1n) is 8.96. The molecular formula is C22H25NO4. The lowest BCUT2D eigenvalue weighted by atomic mass is 9.92. The van der Waals surface area contributed by atoms with Crippen LogP contribution in [0.2, 0.25) is 0 Å². The summed E-state index contributed by atoms with van der Waals surface area (Å²) < 4.78 is 16.7. The van der Waals surface area contributed by atoms with E-state index >= 15 is 0 Å². The number of rotatable bonds is 5. The fourth-order valence-electron chi connectivity index (χ4n) is 2.90. The molecule has 0 aromatic heterocycles. The second-order valence-corrected chi connectivity index (χ2v) is 7.63. The number of carbonyl (C=O) groups is 1. The summed E-state index contributed by atoms with van der Waals surface area (Å²) in [6.45, 7) is 5.70. The molecule has 0 saturated heterocycles. The Bertz CT molecular complexity index is 822. The van der Waals surface area contributed by atoms with Gasteiger partial charge in [0, 0.05) is 12.0 Å². The van der Waals surface area contributed by atoms with Gasteiger partial charge in [0.05, 0.1) is 7.11 Å². The van der Waals surface area contributed by atoms with E-state index in [1.165, 1.54) is 0 Å². The van der Waals surface area contributed by atoms with Crippen LogP contribution in [0.3, 0.4) is 0 Å². The van der Waals surface area contributed by atoms with Crippen LogP contribution in [0, 0.1) is 0 Å². The molecule has 0 N–H and O–H groups in total. The average Bonchev–Trinajstić information content (AvgIpc) is 3.07. The van der Waals surface area contributed by atoms with Crippen molar-refractivity contribution >= 4 is 11.9 Å². The third-order valence-corrected chi connectivity index (χ3v) is 4.22. The standard InChI is InChI=1S/C22H25NO4/c1-21(2,3)27-20(24)22(14-16-10-12-18(25-4)13-11-16)15-26-19(23-22)17-8-6-5-7-9-17/h5-13H,14-15H2,1-4H3/t22-/m0/s1. The van der Waals surface area contributed by atoms with Crippen LogP contribution in [0.4, 0.5) is 0 Å². The van der Waals surface area contributed by atoms with Crippen LogP contribution in [0.15, 0.2) is 59.6 Å². The van der Waals surface area contributed by atoms with Gasteiger partial charge in [0.15, 0.2) is 5.54 Å². The number of hydrogen-bond acceptors (Lipinski definition) is 5. The molecule has 0 spiro atoms. The first-order valence-corrected chi connectivity index (χ1v) is 8.96. The molecule has 142 valence electrons. The molecule has 5 nitrogen and oxygen atoms in total. The van der Waals surface area contributed by atoms with Crippen molar-refractivity contribution in [2.24, 2.45) is 4.99 Å². The molecule has 27 heavy (non-hydrogen) atoms. The quantitative estimate of drug-likeness (QED) is 0.755. The van der Waals surface area contributed by atoms with E-state index in [4.69, 9.17) is 19.2 Å². The monoisotopic (exact) mass is 367 g/mol. The van der Waals surface area contributed by atoms with Crippen LogP contribution >= 0.6 is 0 Å². The highest BCUT2D eigenvalue weighted by Crippen LogP contribution is 2.30. The molecule has 3 rings (SSSR count). The lowest BCUT2D eigenvalue weighted by Crippen LogP contribution is -2.45. The molecule has 0 aliphatic carbocycles. The second-order valence-electron chi connectivity index (χ2n) is 7.63. The molecule has 1 aliphatic rings. The van der Waals surface area contributed by atoms with Crippen molar-refractivity contribution in [2.45, 2.75) is 38.3 Å². The normalized spacial score (nSPS) is 19.2. The highest BCUT2D eigenvalue weighted by atomic mass is 16.6. The largest absolute Gasteiger partial charge is 0.497 e. The zero-order valence-electron chi connectivity index (χ0n) is 16.2. The van der Waals surface area contributed by atoms with E-state index in [2.05, 4.69) is 0 Å². The molecule has 0 saturated carbocycles. The Morgan fingerprint density at radius 1 is 1.11 bits per heavy atom. The molecule has 5 heteroatoms. The molecular weight excluding hydrogens is 342 g/mol. The molecule has 2 aromatic rings. The van der Waals surface area contributed by atoms with Crippen LogP contribution < -0.4 is 4.74 Å². The average molecular weight is 367 g/mol. The van der Waals surface area contributed by atoms with Gasteiger partial charge in [-0.3, -0.25) is 0 Å². The van der Waals surface area contributed by atoms with Crippen molar-refractivity contribution in [2.75, 3.05) is 13.7 Å². The number of methoxy groups -OCH3 is 1. The van der Waals surface area contributed by atoms with Crippen LogP contribution in [-0.4, -0.2) is 36.7 Å². The molecule has 1 aliphatic heterocycles. The summed E-state index contributed by atoms with van der Waals surface area (Å²) in [4.78, 5) is 17.8. The van der Waals surface area contributed by atoms with Crippen molar-refractivity contribution in [3.05, 3.63) is 65.7 Å². The molecule has 0 fully saturated rings. The Morgan fingerprint density at radius 2 is 1.78 bits per heavy atom. The highest BCUT2D eigenvalue weighted by Gasteiger charge is 2.47. The fraction of sp³-hybridized carbons (Fsp3) is 0.364. The molecule has 1 atom stereocenters. The van der Waals surface area contributed by atoms with Gasteiger partial charge in [-0.15, -0.1) is 0 Å². The first-order chi connectivity index (χ1) is 12.8. The van der Waals surface area contributed by atoms with Gasteiger partial charge in [0.25, 0.3) is 0 Å². The van der Waals surface area contributed by atoms with Gasteiger partial charge in [-0.1, -0.05) is 30.3 Å². The van der Waals surface area contributed by atoms with Crippen molar-refractivity contribution in [1.82, 2.24) is 0 Å². The SMILES string of the molecule is COc1ccc(C[C@@]2(C(=O)OC(C)(C)C)COC(c3ccccc3)=N2)cc1. The van der Waals surface area contributed by atoms with Crippen molar-refractivity contribution in [3.8, 4) is 5.75 Å². The summed E-state index contributed by atoms with van der Waals surface area (Å²) in [5.41, 5.74) is 0.100. The van der Waals surface area contributed by atoms with Crippen molar-refractivity contribution in [3.63, 3.8) is 0 Å². The van der Waals surface area contributed by atoms with Gasteiger partial charge in [0.2, 0.25) is 5.90 Å². The number of hydrogen-bond donors (Lipinski definition) is 0. The fourth-order valence-corrected chi connectivity index (χ4v) is 2.90. The minimum Gasteiger partial charge on any atom is -0.497 e. The maximum absolute atomic E-state index is 13.1. The number of nitrogens with zero attached hydrogens (tertiary/aromatic N) is 1. The first kappa shape index (κ1) is 19.0. The highest BCUT2D eigenvalue weighted by molar-refractivity contribution is 5.99. The van der Waals surface area contributed by atoms with Gasteiger partial charge in [0.1, 0.15) is 18.0 Å². The van der Waals surface area contributed by atoms with Crippen molar-refractivity contribution in [1.29, 1.82) is 0 Å². The van der Waals surface area contributed by atoms with E-state index in [0.717, 1.165) is 16.9 Å². The lowest BCUT2D eigenvalue weighted by Gasteiger charge is -2.28. The molecule has 0 radical (unpaired) electrons. The Morgan fingerprint density at radius 3 is 2.37 bits per heavy atom. The second kappa shape index (κ2) is 7.43. The maximum atomic E-state index is 13.1. The van der Waals surface area contributed by atoms with Gasteiger partial charge in [-0.05, 0) is 50.6 Å². The predicted molar refractivity (Wildman–Crippen MR) is 104 cm³/mol. The Balaban J connectivity index is 1.94. The molecule has 0 amide bonds. The van der Waals surface area contributed by atoms with Crippen LogP contribution in [-0.2, 0) is 20.7 Å². The maximum Gasteiger partial charge on any atom is 0.338 e. The minimum atomic E-state index is -1.10. The zero-order valence-corrected chi connectivity index (χ0v) is 16.2. The van der Waals surface area contributed by atoms with Gasteiger partial charge in [-0.2, -0.15) is 0 Å². The number of benzene rings is 2. The van der Waals surface area contributed by atoms with E-state index in [1.807, 2.05) is 75.4 Å². The van der Waals surface area contributed by atoms with E-state index < -0.39 is 11.1 Å². The summed E-state index contributed by atoms with van der Waals surface area (Å²) in [6.07, 6.45) is 0.391.